The van der Waals surface area contributed by atoms with Gasteiger partial charge in [0.05, 0.1) is 35.0 Å². The number of hydrogen-bond donors (Lipinski definition) is 1. The lowest BCUT2D eigenvalue weighted by Gasteiger charge is -2.43. The Labute approximate surface area is 236 Å². The summed E-state index contributed by atoms with van der Waals surface area (Å²) in [6.45, 7) is 15.3. The molecule has 38 heavy (non-hydrogen) atoms. The summed E-state index contributed by atoms with van der Waals surface area (Å²) in [7, 11) is 0.591. The van der Waals surface area contributed by atoms with Crippen molar-refractivity contribution in [2.75, 3.05) is 11.5 Å². The monoisotopic (exact) mass is 566 g/mol. The van der Waals surface area contributed by atoms with Gasteiger partial charge in [-0.2, -0.15) is 0 Å². The van der Waals surface area contributed by atoms with Crippen molar-refractivity contribution in [1.82, 2.24) is 0 Å². The summed E-state index contributed by atoms with van der Waals surface area (Å²) in [6.07, 6.45) is 13.1. The van der Waals surface area contributed by atoms with Gasteiger partial charge in [-0.05, 0) is 55.1 Å². The Morgan fingerprint density at radius 2 is 2.05 bits per heavy atom. The minimum absolute atomic E-state index is 0.0854. The smallest absolute Gasteiger partial charge is 0.308 e. The van der Waals surface area contributed by atoms with Gasteiger partial charge in [-0.1, -0.05) is 58.6 Å². The van der Waals surface area contributed by atoms with Gasteiger partial charge >= 0.3 is 11.9 Å². The predicted octanol–water partition coefficient (Wildman–Crippen LogP) is 5.95. The number of fused-ring (bicyclic) bond motifs is 1. The normalized spacial score (nSPS) is 31.9. The maximum Gasteiger partial charge on any atom is 0.308 e. The summed E-state index contributed by atoms with van der Waals surface area (Å²) in [4.78, 5) is 24.2. The molecule has 0 bridgehead atoms. The first-order chi connectivity index (χ1) is 18.1. The summed E-state index contributed by atoms with van der Waals surface area (Å²) in [5, 5.41) is 9.89. The number of aliphatic hydroxyl groups is 1. The van der Waals surface area contributed by atoms with Crippen LogP contribution in [0.15, 0.2) is 49.1 Å². The molecule has 1 heterocycles. The second-order valence-electron chi connectivity index (χ2n) is 10.7. The Morgan fingerprint density at radius 3 is 2.68 bits per heavy atom. The molecule has 214 valence electrons. The van der Waals surface area contributed by atoms with Gasteiger partial charge in [0.2, 0.25) is 0 Å². The van der Waals surface area contributed by atoms with E-state index in [-0.39, 0.29) is 42.4 Å². The molecule has 1 N–H and O–H groups in total. The van der Waals surface area contributed by atoms with Gasteiger partial charge in [0.1, 0.15) is 18.0 Å². The molecule has 0 aromatic heterocycles. The Morgan fingerprint density at radius 1 is 1.32 bits per heavy atom. The molecular weight excluding hydrogens is 520 g/mol. The molecule has 0 amide bonds. The van der Waals surface area contributed by atoms with Crippen LogP contribution in [0, 0.1) is 29.6 Å². The molecule has 0 aromatic rings. The van der Waals surface area contributed by atoms with E-state index in [1.165, 1.54) is 16.4 Å². The highest BCUT2D eigenvalue weighted by atomic mass is 33.1. The van der Waals surface area contributed by atoms with Gasteiger partial charge in [0.25, 0.3) is 0 Å². The van der Waals surface area contributed by atoms with Crippen molar-refractivity contribution >= 4 is 32.9 Å². The first-order valence-electron chi connectivity index (χ1n) is 13.8. The van der Waals surface area contributed by atoms with E-state index in [4.69, 9.17) is 9.47 Å². The number of cyclic esters (lactones) is 1. The second kappa shape index (κ2) is 16.6. The molecule has 0 spiro atoms. The molecule has 0 radical (unpaired) electrons. The summed E-state index contributed by atoms with van der Waals surface area (Å²) in [6, 6.07) is 0. The van der Waals surface area contributed by atoms with E-state index < -0.39 is 16.3 Å². The first kappa shape index (κ1) is 32.7. The fourth-order valence-electron chi connectivity index (χ4n) is 5.34. The van der Waals surface area contributed by atoms with E-state index in [0.29, 0.717) is 29.9 Å². The quantitative estimate of drug-likeness (QED) is 0.143. The summed E-state index contributed by atoms with van der Waals surface area (Å²) < 4.78 is 22.3. The van der Waals surface area contributed by atoms with Gasteiger partial charge < -0.3 is 19.1 Å². The molecule has 6 nitrogen and oxygen atoms in total. The summed E-state index contributed by atoms with van der Waals surface area (Å²) in [5.41, 5.74) is 1.27. The Hall–Kier alpha value is -1.48. The average Bonchev–Trinajstić information content (AvgIpc) is 2.86. The zero-order chi connectivity index (χ0) is 28.2. The van der Waals surface area contributed by atoms with E-state index in [9.17, 15) is 19.2 Å². The van der Waals surface area contributed by atoms with Crippen LogP contribution in [-0.2, 0) is 29.3 Å². The molecule has 0 aromatic carbocycles. The lowest BCUT2D eigenvalue weighted by molar-refractivity contribution is -0.162. The molecule has 3 aliphatic rings. The van der Waals surface area contributed by atoms with Crippen molar-refractivity contribution in [2.24, 2.45) is 29.6 Å². The maximum atomic E-state index is 12.5. The van der Waals surface area contributed by atoms with Crippen molar-refractivity contribution in [3.8, 4) is 0 Å². The van der Waals surface area contributed by atoms with Crippen LogP contribution < -0.4 is 0 Å². The minimum atomic E-state index is -0.793. The van der Waals surface area contributed by atoms with Gasteiger partial charge in [-0.25, -0.2) is 0 Å². The third-order valence-electron chi connectivity index (χ3n) is 7.51. The van der Waals surface area contributed by atoms with Crippen molar-refractivity contribution in [3.63, 3.8) is 0 Å². The van der Waals surface area contributed by atoms with Crippen molar-refractivity contribution in [3.05, 3.63) is 49.1 Å². The van der Waals surface area contributed by atoms with Crippen LogP contribution >= 0.6 is 10.8 Å². The topological polar surface area (TPSA) is 95.9 Å². The molecule has 1 saturated heterocycles. The number of rotatable bonds is 11. The third kappa shape index (κ3) is 10.2. The van der Waals surface area contributed by atoms with Crippen LogP contribution in [0.4, 0.5) is 0 Å². The van der Waals surface area contributed by atoms with Crippen LogP contribution in [0.25, 0.3) is 0 Å². The molecule has 3 rings (SSSR count). The van der Waals surface area contributed by atoms with Crippen LogP contribution in [0.5, 0.6) is 0 Å². The number of esters is 2. The Kier molecular flexibility index (Phi) is 14.3. The third-order valence-corrected chi connectivity index (χ3v) is 10.3. The summed E-state index contributed by atoms with van der Waals surface area (Å²) >= 11 is 0. The van der Waals surface area contributed by atoms with Crippen LogP contribution in [-0.4, -0.2) is 51.4 Å². The van der Waals surface area contributed by atoms with Gasteiger partial charge in [-0.15, -0.1) is 6.58 Å². The van der Waals surface area contributed by atoms with E-state index in [1.807, 2.05) is 13.8 Å². The van der Waals surface area contributed by atoms with Crippen LogP contribution in [0.3, 0.4) is 0 Å². The van der Waals surface area contributed by atoms with E-state index in [0.717, 1.165) is 31.4 Å². The highest BCUT2D eigenvalue weighted by Gasteiger charge is 2.42. The van der Waals surface area contributed by atoms with Gasteiger partial charge in [0.15, 0.2) is 0 Å². The predicted molar refractivity (Wildman–Crippen MR) is 157 cm³/mol. The fourth-order valence-corrected chi connectivity index (χ4v) is 7.20. The van der Waals surface area contributed by atoms with Gasteiger partial charge in [-0.3, -0.25) is 9.59 Å². The molecule has 1 fully saturated rings. The SMILES string of the molecule is C=CCS[S+]([O-])CC=C.CC[C@H](C)C(=O)O[C@H]1C[C@@H](C)C=C2C=C[C@H](C)[C@H](CC[C@@H]3C[C@@H](O)CC(=O)O3)[C@H]21. The standard InChI is InChI=1S/C24H36O5.C6H10OS2/c1-5-15(3)24(27)29-21-11-14(2)10-17-7-6-16(4)20(23(17)21)9-8-19-12-18(25)13-22(26)28-19;1-3-5-8-9(7)6-4-2/h6-7,10,14-16,18-21,23,25H,5,8-9,11-13H2,1-4H3;3-4H,1-2,5-6H2/t14-,15-,16-,18+,19+,20-,21-,23-;/m0./s1. The molecule has 2 aliphatic carbocycles. The van der Waals surface area contributed by atoms with Crippen molar-refractivity contribution in [2.45, 2.75) is 84.5 Å². The lowest BCUT2D eigenvalue weighted by Crippen LogP contribution is -2.42. The van der Waals surface area contributed by atoms with Crippen LogP contribution in [0.1, 0.15) is 66.2 Å². The lowest BCUT2D eigenvalue weighted by atomic mass is 9.65. The number of carbonyl (C=O) groups is 2. The number of allylic oxidation sites excluding steroid dienone is 3. The molecule has 8 heteroatoms. The molecule has 0 saturated carbocycles. The highest BCUT2D eigenvalue weighted by Crippen LogP contribution is 2.45. The molecule has 1 aliphatic heterocycles. The Balaban J connectivity index is 0.000000484. The number of hydrogen-bond acceptors (Lipinski definition) is 7. The Bertz CT molecular complexity index is 856. The second-order valence-corrected chi connectivity index (χ2v) is 14.0. The number of ether oxygens (including phenoxy) is 2. The average molecular weight is 567 g/mol. The van der Waals surface area contributed by atoms with Crippen molar-refractivity contribution < 1.29 is 28.7 Å². The maximum absolute atomic E-state index is 12.5. The zero-order valence-corrected chi connectivity index (χ0v) is 25.0. The van der Waals surface area contributed by atoms with Gasteiger partial charge in [0, 0.05) is 22.5 Å². The van der Waals surface area contributed by atoms with E-state index >= 15 is 0 Å². The number of carbonyl (C=O) groups excluding carboxylic acids is 2. The zero-order valence-electron chi connectivity index (χ0n) is 23.4. The highest BCUT2D eigenvalue weighted by molar-refractivity contribution is 8.72. The van der Waals surface area contributed by atoms with Crippen molar-refractivity contribution in [1.29, 1.82) is 0 Å². The minimum Gasteiger partial charge on any atom is -0.605 e. The molecular formula is C30H46O6S2. The summed E-state index contributed by atoms with van der Waals surface area (Å²) in [5.74, 6) is 2.07. The largest absolute Gasteiger partial charge is 0.605 e. The number of aliphatic hydroxyl groups excluding tert-OH is 1. The molecule has 9 atom stereocenters. The van der Waals surface area contributed by atoms with E-state index in [1.54, 1.807) is 12.2 Å². The van der Waals surface area contributed by atoms with Crippen LogP contribution in [0.2, 0.25) is 0 Å². The van der Waals surface area contributed by atoms with E-state index in [2.05, 4.69) is 45.2 Å². The fraction of sp³-hybridized carbons (Fsp3) is 0.667. The molecule has 1 unspecified atom stereocenters. The first-order valence-corrected chi connectivity index (χ1v) is 16.6.